The highest BCUT2D eigenvalue weighted by atomic mass is 32.1. The third-order valence-corrected chi connectivity index (χ3v) is 8.49. The summed E-state index contributed by atoms with van der Waals surface area (Å²) < 4.78 is 53.0. The summed E-state index contributed by atoms with van der Waals surface area (Å²) in [5.74, 6) is -0.0899. The molecule has 6 rings (SSSR count). The Balaban J connectivity index is 1.34. The van der Waals surface area contributed by atoms with Crippen molar-refractivity contribution >= 4 is 33.3 Å². The van der Waals surface area contributed by atoms with E-state index in [2.05, 4.69) is 15.6 Å². The predicted molar refractivity (Wildman–Crippen MR) is 151 cm³/mol. The van der Waals surface area contributed by atoms with Crippen LogP contribution in [-0.4, -0.2) is 50.7 Å². The molecule has 0 amide bonds. The SMILES string of the molecule is Cc1nc(NCc2cccc(C(F)(F)F)c2)nc(N[C@@H]2C[C@H](CO)[C@H]3OC(C)(C)O[C@H]32)c1-c1nc2ccccc2s1. The molecular weight excluding hydrogens is 555 g/mol. The normalized spacial score (nSPS) is 23.6. The average Bonchev–Trinajstić information content (AvgIpc) is 3.57. The zero-order valence-corrected chi connectivity index (χ0v) is 23.5. The molecule has 0 spiro atoms. The Kier molecular flexibility index (Phi) is 7.13. The molecule has 8 nitrogen and oxygen atoms in total. The zero-order chi connectivity index (χ0) is 28.9. The summed E-state index contributed by atoms with van der Waals surface area (Å²) in [5.41, 5.74) is 2.00. The third-order valence-electron chi connectivity index (χ3n) is 7.44. The summed E-state index contributed by atoms with van der Waals surface area (Å²) in [6.07, 6.45) is -4.38. The highest BCUT2D eigenvalue weighted by Gasteiger charge is 2.54. The number of rotatable bonds is 7. The number of aliphatic hydroxyl groups excluding tert-OH is 1. The smallest absolute Gasteiger partial charge is 0.396 e. The largest absolute Gasteiger partial charge is 0.416 e. The molecule has 2 aromatic carbocycles. The van der Waals surface area contributed by atoms with E-state index in [0.29, 0.717) is 23.5 Å². The van der Waals surface area contributed by atoms with E-state index in [0.717, 1.165) is 32.9 Å². The second kappa shape index (κ2) is 10.5. The molecule has 2 fully saturated rings. The number of alkyl halides is 3. The van der Waals surface area contributed by atoms with Gasteiger partial charge in [-0.25, -0.2) is 9.97 Å². The lowest BCUT2D eigenvalue weighted by molar-refractivity contribution is -0.158. The maximum absolute atomic E-state index is 13.2. The van der Waals surface area contributed by atoms with E-state index < -0.39 is 17.5 Å². The zero-order valence-electron chi connectivity index (χ0n) is 22.7. The Hall–Kier alpha value is -3.32. The number of fused-ring (bicyclic) bond motifs is 2. The van der Waals surface area contributed by atoms with E-state index in [1.807, 2.05) is 45.0 Å². The van der Waals surface area contributed by atoms with Gasteiger partial charge < -0.3 is 25.2 Å². The highest BCUT2D eigenvalue weighted by Crippen LogP contribution is 2.44. The molecule has 1 aliphatic carbocycles. The Bertz CT molecular complexity index is 1540. The van der Waals surface area contributed by atoms with Crippen LogP contribution in [0.4, 0.5) is 24.9 Å². The predicted octanol–water partition coefficient (Wildman–Crippen LogP) is 6.01. The van der Waals surface area contributed by atoms with Crippen LogP contribution < -0.4 is 10.6 Å². The first-order valence-corrected chi connectivity index (χ1v) is 14.2. The number of aryl methyl sites for hydroxylation is 1. The Morgan fingerprint density at radius 2 is 1.83 bits per heavy atom. The fraction of sp³-hybridized carbons (Fsp3) is 0.414. The van der Waals surface area contributed by atoms with Gasteiger partial charge >= 0.3 is 6.18 Å². The Labute approximate surface area is 239 Å². The molecular formula is C29H30F3N5O3S. The number of benzene rings is 2. The number of anilines is 2. The van der Waals surface area contributed by atoms with E-state index in [-0.39, 0.29) is 43.3 Å². The van der Waals surface area contributed by atoms with Crippen molar-refractivity contribution in [2.24, 2.45) is 5.92 Å². The van der Waals surface area contributed by atoms with Crippen LogP contribution in [0, 0.1) is 12.8 Å². The molecule has 2 aromatic heterocycles. The van der Waals surface area contributed by atoms with Crippen LogP contribution in [-0.2, 0) is 22.2 Å². The van der Waals surface area contributed by atoms with Gasteiger partial charge in [0, 0.05) is 19.1 Å². The number of hydrogen-bond acceptors (Lipinski definition) is 9. The molecule has 216 valence electrons. The van der Waals surface area contributed by atoms with Crippen LogP contribution in [0.15, 0.2) is 48.5 Å². The van der Waals surface area contributed by atoms with Gasteiger partial charge in [0.25, 0.3) is 0 Å². The minimum absolute atomic E-state index is 0.0316. The van der Waals surface area contributed by atoms with Gasteiger partial charge in [0.1, 0.15) is 16.9 Å². The van der Waals surface area contributed by atoms with Gasteiger partial charge in [-0.2, -0.15) is 18.2 Å². The fourth-order valence-electron chi connectivity index (χ4n) is 5.61. The maximum atomic E-state index is 13.2. The number of halogens is 3. The van der Waals surface area contributed by atoms with Crippen molar-refractivity contribution in [2.75, 3.05) is 17.2 Å². The lowest BCUT2D eigenvalue weighted by Gasteiger charge is -2.25. The summed E-state index contributed by atoms with van der Waals surface area (Å²) >= 11 is 1.53. The standard InChI is InChI=1S/C29H30F3N5O3S/c1-15-22(26-36-19-9-4-5-10-21(19)41-26)25(35-20-12-17(14-38)23-24(20)40-28(2,3)39-23)37-27(34-15)33-13-16-7-6-8-18(11-16)29(30,31)32/h4-11,17,20,23-24,38H,12-14H2,1-3H3,(H2,33,34,35,37)/t17-,20-,23-,24+/m1/s1. The van der Waals surface area contributed by atoms with E-state index >= 15 is 0 Å². The molecule has 12 heteroatoms. The minimum atomic E-state index is -4.43. The monoisotopic (exact) mass is 585 g/mol. The van der Waals surface area contributed by atoms with E-state index in [1.54, 1.807) is 6.07 Å². The summed E-state index contributed by atoms with van der Waals surface area (Å²) in [4.78, 5) is 14.3. The highest BCUT2D eigenvalue weighted by molar-refractivity contribution is 7.21. The van der Waals surface area contributed by atoms with Crippen LogP contribution in [0.3, 0.4) is 0 Å². The van der Waals surface area contributed by atoms with Crippen LogP contribution in [0.2, 0.25) is 0 Å². The molecule has 1 saturated carbocycles. The summed E-state index contributed by atoms with van der Waals surface area (Å²) in [5, 5.41) is 17.4. The quantitative estimate of drug-likeness (QED) is 0.243. The minimum Gasteiger partial charge on any atom is -0.396 e. The van der Waals surface area contributed by atoms with Crippen molar-refractivity contribution in [3.05, 3.63) is 65.4 Å². The third kappa shape index (κ3) is 5.61. The molecule has 3 N–H and O–H groups in total. The molecule has 4 aromatic rings. The molecule has 0 radical (unpaired) electrons. The molecule has 1 saturated heterocycles. The van der Waals surface area contributed by atoms with E-state index in [1.165, 1.54) is 17.4 Å². The first kappa shape index (κ1) is 27.8. The first-order valence-electron chi connectivity index (χ1n) is 13.4. The average molecular weight is 586 g/mol. The lowest BCUT2D eigenvalue weighted by atomic mass is 10.1. The van der Waals surface area contributed by atoms with Crippen molar-refractivity contribution in [3.63, 3.8) is 0 Å². The van der Waals surface area contributed by atoms with Crippen LogP contribution in [0.25, 0.3) is 20.8 Å². The first-order chi connectivity index (χ1) is 19.5. The Morgan fingerprint density at radius 1 is 1.05 bits per heavy atom. The number of thiazole rings is 1. The molecule has 1 aliphatic heterocycles. The number of hydrogen-bond donors (Lipinski definition) is 3. The summed E-state index contributed by atoms with van der Waals surface area (Å²) in [6, 6.07) is 12.8. The number of para-hydroxylation sites is 1. The van der Waals surface area contributed by atoms with Gasteiger partial charge in [0.05, 0.1) is 39.2 Å². The molecule has 2 aliphatic rings. The molecule has 3 heterocycles. The topological polar surface area (TPSA) is 101 Å². The number of nitrogens with zero attached hydrogens (tertiary/aromatic N) is 3. The van der Waals surface area contributed by atoms with Gasteiger partial charge in [0.15, 0.2) is 5.79 Å². The second-order valence-electron chi connectivity index (χ2n) is 10.9. The van der Waals surface area contributed by atoms with Crippen LogP contribution >= 0.6 is 11.3 Å². The van der Waals surface area contributed by atoms with E-state index in [4.69, 9.17) is 19.4 Å². The maximum Gasteiger partial charge on any atom is 0.416 e. The molecule has 4 atom stereocenters. The Morgan fingerprint density at radius 3 is 2.59 bits per heavy atom. The lowest BCUT2D eigenvalue weighted by Crippen LogP contribution is -2.35. The van der Waals surface area contributed by atoms with Gasteiger partial charge in [-0.3, -0.25) is 0 Å². The van der Waals surface area contributed by atoms with Crippen molar-refractivity contribution < 1.29 is 27.8 Å². The summed E-state index contributed by atoms with van der Waals surface area (Å²) in [6.45, 7) is 5.64. The molecule has 41 heavy (non-hydrogen) atoms. The van der Waals surface area contributed by atoms with Crippen molar-refractivity contribution in [1.82, 2.24) is 15.0 Å². The van der Waals surface area contributed by atoms with E-state index in [9.17, 15) is 18.3 Å². The number of aromatic nitrogens is 3. The molecule has 0 bridgehead atoms. The van der Waals surface area contributed by atoms with Gasteiger partial charge in [-0.15, -0.1) is 11.3 Å². The van der Waals surface area contributed by atoms with Crippen LogP contribution in [0.5, 0.6) is 0 Å². The second-order valence-corrected chi connectivity index (χ2v) is 11.9. The van der Waals surface area contributed by atoms with Gasteiger partial charge in [-0.05, 0) is 57.0 Å². The van der Waals surface area contributed by atoms with Crippen molar-refractivity contribution in [2.45, 2.75) is 63.9 Å². The van der Waals surface area contributed by atoms with Crippen LogP contribution in [0.1, 0.15) is 37.1 Å². The fourth-order valence-corrected chi connectivity index (χ4v) is 6.68. The summed E-state index contributed by atoms with van der Waals surface area (Å²) in [7, 11) is 0. The number of aliphatic hydroxyl groups is 1. The number of ether oxygens (including phenoxy) is 2. The van der Waals surface area contributed by atoms with Gasteiger partial charge in [0.2, 0.25) is 5.95 Å². The number of nitrogens with one attached hydrogen (secondary N) is 2. The molecule has 0 unspecified atom stereocenters. The van der Waals surface area contributed by atoms with Crippen molar-refractivity contribution in [1.29, 1.82) is 0 Å². The van der Waals surface area contributed by atoms with Crippen molar-refractivity contribution in [3.8, 4) is 10.6 Å². The van der Waals surface area contributed by atoms with Gasteiger partial charge in [-0.1, -0.05) is 24.3 Å².